The molecule has 0 aliphatic carbocycles. The number of halogens is 1. The Morgan fingerprint density at radius 2 is 2.00 bits per heavy atom. The fourth-order valence-electron chi connectivity index (χ4n) is 3.40. The molecule has 2 heterocycles. The molecule has 3 aromatic rings. The third-order valence-electron chi connectivity index (χ3n) is 4.95. The van der Waals surface area contributed by atoms with Crippen molar-refractivity contribution in [2.45, 2.75) is 13.0 Å². The van der Waals surface area contributed by atoms with Crippen LogP contribution in [0.2, 0.25) is 0 Å². The highest BCUT2D eigenvalue weighted by molar-refractivity contribution is 9.10. The summed E-state index contributed by atoms with van der Waals surface area (Å²) in [6.45, 7) is 1.44. The van der Waals surface area contributed by atoms with E-state index in [0.29, 0.717) is 31.1 Å². The van der Waals surface area contributed by atoms with Crippen molar-refractivity contribution in [3.63, 3.8) is 0 Å². The number of amides is 2. The molecule has 1 N–H and O–H groups in total. The second kappa shape index (κ2) is 9.13. The van der Waals surface area contributed by atoms with E-state index in [1.807, 2.05) is 53.2 Å². The summed E-state index contributed by atoms with van der Waals surface area (Å²) in [5, 5.41) is 2.93. The van der Waals surface area contributed by atoms with Crippen LogP contribution in [0.4, 0.5) is 11.4 Å². The average Bonchev–Trinajstić information content (AvgIpc) is 3.39. The number of carbonyl (C=O) groups is 2. The molecular weight excluding hydrogens is 448 g/mol. The van der Waals surface area contributed by atoms with E-state index in [9.17, 15) is 9.59 Å². The fraction of sp³-hybridized carbons (Fsp3) is 0.227. The number of nitrogens with zero attached hydrogens (tertiary/aromatic N) is 3. The van der Waals surface area contributed by atoms with Gasteiger partial charge in [-0.25, -0.2) is 4.98 Å². The number of hydrogen-bond acceptors (Lipinski definition) is 4. The zero-order valence-corrected chi connectivity index (χ0v) is 17.8. The molecule has 1 saturated heterocycles. The lowest BCUT2D eigenvalue weighted by atomic mass is 10.1. The van der Waals surface area contributed by atoms with Crippen LogP contribution >= 0.6 is 15.9 Å². The first kappa shape index (κ1) is 20.2. The van der Waals surface area contributed by atoms with Crippen molar-refractivity contribution in [3.8, 4) is 5.75 Å². The lowest BCUT2D eigenvalue weighted by Crippen LogP contribution is -2.28. The van der Waals surface area contributed by atoms with Gasteiger partial charge in [0.05, 0.1) is 30.2 Å². The summed E-state index contributed by atoms with van der Waals surface area (Å²) in [6.07, 6.45) is 5.49. The van der Waals surface area contributed by atoms with E-state index in [2.05, 4.69) is 26.2 Å². The molecule has 1 aliphatic heterocycles. The van der Waals surface area contributed by atoms with Crippen molar-refractivity contribution in [1.29, 1.82) is 0 Å². The Labute approximate surface area is 182 Å². The third kappa shape index (κ3) is 4.54. The quantitative estimate of drug-likeness (QED) is 0.573. The molecule has 0 spiro atoms. The van der Waals surface area contributed by atoms with Crippen molar-refractivity contribution in [2.24, 2.45) is 5.92 Å². The minimum absolute atomic E-state index is 0.0630. The Morgan fingerprint density at radius 1 is 1.20 bits per heavy atom. The van der Waals surface area contributed by atoms with Crippen LogP contribution in [0.1, 0.15) is 6.42 Å². The number of nitrogens with one attached hydrogen (secondary N) is 1. The number of imidazole rings is 1. The summed E-state index contributed by atoms with van der Waals surface area (Å²) in [6, 6.07) is 14.8. The maximum atomic E-state index is 12.9. The summed E-state index contributed by atoms with van der Waals surface area (Å²) in [5.41, 5.74) is 1.38. The van der Waals surface area contributed by atoms with E-state index >= 15 is 0 Å². The number of benzene rings is 2. The highest BCUT2D eigenvalue weighted by Crippen LogP contribution is 2.32. The molecule has 1 fully saturated rings. The van der Waals surface area contributed by atoms with Gasteiger partial charge in [0.25, 0.3) is 0 Å². The van der Waals surface area contributed by atoms with Gasteiger partial charge in [0.1, 0.15) is 12.4 Å². The molecule has 0 saturated carbocycles. The summed E-state index contributed by atoms with van der Waals surface area (Å²) < 4.78 is 8.60. The minimum atomic E-state index is -0.427. The SMILES string of the molecule is O=C(Nc1ccccc1OCCn1ccnc1)C1CC(=O)N(c2ccccc2Br)C1. The van der Waals surface area contributed by atoms with E-state index in [1.54, 1.807) is 23.5 Å². The Hall–Kier alpha value is -3.13. The van der Waals surface area contributed by atoms with Crippen molar-refractivity contribution >= 4 is 39.1 Å². The Morgan fingerprint density at radius 3 is 2.80 bits per heavy atom. The summed E-state index contributed by atoms with van der Waals surface area (Å²) in [4.78, 5) is 31.0. The molecule has 8 heteroatoms. The molecule has 0 radical (unpaired) electrons. The molecule has 0 bridgehead atoms. The van der Waals surface area contributed by atoms with Gasteiger partial charge in [0.15, 0.2) is 0 Å². The van der Waals surface area contributed by atoms with Crippen LogP contribution in [0.15, 0.2) is 71.7 Å². The highest BCUT2D eigenvalue weighted by Gasteiger charge is 2.36. The number of para-hydroxylation sites is 3. The molecular formula is C22H21BrN4O3. The number of hydrogen-bond donors (Lipinski definition) is 1. The normalized spacial score (nSPS) is 16.0. The molecule has 30 heavy (non-hydrogen) atoms. The first-order chi connectivity index (χ1) is 14.6. The van der Waals surface area contributed by atoms with Crippen LogP contribution in [0.5, 0.6) is 5.75 Å². The standard InChI is InChI=1S/C22H21BrN4O3/c23-17-5-1-3-7-19(17)27-14-16(13-21(27)28)22(29)25-18-6-2-4-8-20(18)30-12-11-26-10-9-24-15-26/h1-10,15-16H,11-14H2,(H,25,29). The average molecular weight is 469 g/mol. The lowest BCUT2D eigenvalue weighted by molar-refractivity contribution is -0.122. The van der Waals surface area contributed by atoms with Crippen LogP contribution in [0, 0.1) is 5.92 Å². The molecule has 7 nitrogen and oxygen atoms in total. The molecule has 1 atom stereocenters. The number of anilines is 2. The monoisotopic (exact) mass is 468 g/mol. The third-order valence-corrected chi connectivity index (χ3v) is 5.62. The topological polar surface area (TPSA) is 76.5 Å². The second-order valence-electron chi connectivity index (χ2n) is 6.99. The smallest absolute Gasteiger partial charge is 0.229 e. The summed E-state index contributed by atoms with van der Waals surface area (Å²) in [5.74, 6) is -0.0861. The van der Waals surface area contributed by atoms with E-state index in [0.717, 1.165) is 10.2 Å². The van der Waals surface area contributed by atoms with Crippen molar-refractivity contribution < 1.29 is 14.3 Å². The largest absolute Gasteiger partial charge is 0.490 e. The van der Waals surface area contributed by atoms with Crippen molar-refractivity contribution in [3.05, 3.63) is 71.7 Å². The second-order valence-corrected chi connectivity index (χ2v) is 7.85. The van der Waals surface area contributed by atoms with Gasteiger partial charge in [-0.05, 0) is 40.2 Å². The minimum Gasteiger partial charge on any atom is -0.490 e. The number of ether oxygens (including phenoxy) is 1. The van der Waals surface area contributed by atoms with Crippen molar-refractivity contribution in [2.75, 3.05) is 23.4 Å². The first-order valence-corrected chi connectivity index (χ1v) is 10.4. The molecule has 154 valence electrons. The Bertz CT molecular complexity index is 1040. The Balaban J connectivity index is 1.39. The van der Waals surface area contributed by atoms with Crippen molar-refractivity contribution in [1.82, 2.24) is 9.55 Å². The molecule has 4 rings (SSSR count). The van der Waals surface area contributed by atoms with E-state index in [1.165, 1.54) is 0 Å². The van der Waals surface area contributed by atoms with Gasteiger partial charge >= 0.3 is 0 Å². The van der Waals surface area contributed by atoms with Gasteiger partial charge in [0, 0.05) is 29.8 Å². The molecule has 2 aromatic carbocycles. The Kier molecular flexibility index (Phi) is 6.13. The van der Waals surface area contributed by atoms with Gasteiger partial charge in [0.2, 0.25) is 11.8 Å². The zero-order chi connectivity index (χ0) is 20.9. The van der Waals surface area contributed by atoms with E-state index in [-0.39, 0.29) is 18.2 Å². The van der Waals surface area contributed by atoms with Gasteiger partial charge in [-0.15, -0.1) is 0 Å². The summed E-state index contributed by atoms with van der Waals surface area (Å²) >= 11 is 3.48. The number of rotatable bonds is 7. The van der Waals surface area contributed by atoms with Gasteiger partial charge < -0.3 is 19.5 Å². The van der Waals surface area contributed by atoms with Crippen LogP contribution in [-0.2, 0) is 16.1 Å². The maximum Gasteiger partial charge on any atom is 0.229 e. The van der Waals surface area contributed by atoms with E-state index < -0.39 is 5.92 Å². The number of aromatic nitrogens is 2. The van der Waals surface area contributed by atoms with Gasteiger partial charge in [-0.1, -0.05) is 24.3 Å². The van der Waals surface area contributed by atoms with Crippen LogP contribution in [-0.4, -0.2) is 34.5 Å². The predicted octanol–water partition coefficient (Wildman–Crippen LogP) is 3.72. The van der Waals surface area contributed by atoms with Crippen LogP contribution in [0.25, 0.3) is 0 Å². The maximum absolute atomic E-state index is 12.9. The van der Waals surface area contributed by atoms with Crippen LogP contribution in [0.3, 0.4) is 0 Å². The van der Waals surface area contributed by atoms with E-state index in [4.69, 9.17) is 4.74 Å². The fourth-order valence-corrected chi connectivity index (χ4v) is 3.90. The first-order valence-electron chi connectivity index (χ1n) is 9.65. The van der Waals surface area contributed by atoms with Crippen LogP contribution < -0.4 is 15.0 Å². The molecule has 1 unspecified atom stereocenters. The predicted molar refractivity (Wildman–Crippen MR) is 117 cm³/mol. The molecule has 2 amide bonds. The zero-order valence-electron chi connectivity index (χ0n) is 16.2. The van der Waals surface area contributed by atoms with Gasteiger partial charge in [-0.3, -0.25) is 9.59 Å². The molecule has 1 aliphatic rings. The number of carbonyl (C=O) groups excluding carboxylic acids is 2. The van der Waals surface area contributed by atoms with Gasteiger partial charge in [-0.2, -0.15) is 0 Å². The summed E-state index contributed by atoms with van der Waals surface area (Å²) in [7, 11) is 0. The molecule has 1 aromatic heterocycles. The lowest BCUT2D eigenvalue weighted by Gasteiger charge is -2.18. The highest BCUT2D eigenvalue weighted by atomic mass is 79.9.